The van der Waals surface area contributed by atoms with E-state index >= 15 is 0 Å². The van der Waals surface area contributed by atoms with Crippen molar-refractivity contribution in [3.05, 3.63) is 53.6 Å². The van der Waals surface area contributed by atoms with Gasteiger partial charge in [-0.15, -0.1) is 0 Å². The summed E-state index contributed by atoms with van der Waals surface area (Å²) in [5, 5.41) is 0. The molecule has 0 aromatic heterocycles. The maximum atomic E-state index is 13.0. The predicted molar refractivity (Wildman–Crippen MR) is 117 cm³/mol. The summed E-state index contributed by atoms with van der Waals surface area (Å²) >= 11 is 0. The summed E-state index contributed by atoms with van der Waals surface area (Å²) in [5.74, 6) is 0.358. The standard InChI is InChI=1S/C22H31N3O3S/c1-17-7-12-21(28-4)22(15-17)29(26,27)23-16-20(25-13-5-6-14-25)18-8-10-19(11-9-18)24(2)3/h7-12,15,20,23H,5-6,13-14,16H2,1-4H3/t20-/m1/s1. The highest BCUT2D eigenvalue weighted by atomic mass is 32.2. The molecule has 0 unspecified atom stereocenters. The van der Waals surface area contributed by atoms with Crippen molar-refractivity contribution in [2.45, 2.75) is 30.7 Å². The smallest absolute Gasteiger partial charge is 0.244 e. The van der Waals surface area contributed by atoms with Gasteiger partial charge in [-0.05, 0) is 68.2 Å². The normalized spacial score (nSPS) is 16.0. The Morgan fingerprint density at radius 2 is 1.76 bits per heavy atom. The number of hydrogen-bond acceptors (Lipinski definition) is 5. The highest BCUT2D eigenvalue weighted by Crippen LogP contribution is 2.28. The van der Waals surface area contributed by atoms with Crippen LogP contribution in [0.15, 0.2) is 47.4 Å². The number of sulfonamides is 1. The Bertz CT molecular complexity index is 921. The molecule has 0 bridgehead atoms. The van der Waals surface area contributed by atoms with Gasteiger partial charge in [0.15, 0.2) is 0 Å². The molecule has 0 saturated carbocycles. The third kappa shape index (κ3) is 5.10. The number of hydrogen-bond donors (Lipinski definition) is 1. The van der Waals surface area contributed by atoms with E-state index in [4.69, 9.17) is 4.74 Å². The first kappa shape index (κ1) is 21.6. The van der Waals surface area contributed by atoms with Gasteiger partial charge in [-0.3, -0.25) is 4.90 Å². The fourth-order valence-corrected chi connectivity index (χ4v) is 5.06. The minimum Gasteiger partial charge on any atom is -0.495 e. The SMILES string of the molecule is COc1ccc(C)cc1S(=O)(=O)NC[C@H](c1ccc(N(C)C)cc1)N1CCCC1. The van der Waals surface area contributed by atoms with Crippen LogP contribution in [0.4, 0.5) is 5.69 Å². The van der Waals surface area contributed by atoms with Crippen LogP contribution in [0.3, 0.4) is 0 Å². The molecule has 29 heavy (non-hydrogen) atoms. The number of nitrogens with one attached hydrogen (secondary N) is 1. The molecule has 0 radical (unpaired) electrons. The van der Waals surface area contributed by atoms with Crippen LogP contribution in [0, 0.1) is 6.92 Å². The Hall–Kier alpha value is -2.09. The number of anilines is 1. The van der Waals surface area contributed by atoms with E-state index in [0.29, 0.717) is 12.3 Å². The zero-order chi connectivity index (χ0) is 21.0. The van der Waals surface area contributed by atoms with Gasteiger partial charge in [0.25, 0.3) is 0 Å². The van der Waals surface area contributed by atoms with E-state index in [0.717, 1.165) is 42.7 Å². The van der Waals surface area contributed by atoms with Crippen molar-refractivity contribution in [1.82, 2.24) is 9.62 Å². The van der Waals surface area contributed by atoms with Gasteiger partial charge in [-0.1, -0.05) is 18.2 Å². The number of rotatable bonds is 8. The molecule has 1 aliphatic heterocycles. The molecule has 0 aliphatic carbocycles. The molecule has 0 amide bonds. The summed E-state index contributed by atoms with van der Waals surface area (Å²) in [6.45, 7) is 4.16. The molecule has 6 nitrogen and oxygen atoms in total. The second-order valence-corrected chi connectivity index (χ2v) is 9.49. The first-order valence-electron chi connectivity index (χ1n) is 9.97. The van der Waals surface area contributed by atoms with E-state index in [1.54, 1.807) is 12.1 Å². The minimum atomic E-state index is -3.69. The molecule has 1 heterocycles. The maximum absolute atomic E-state index is 13.0. The Kier molecular flexibility index (Phi) is 6.82. The Morgan fingerprint density at radius 3 is 2.34 bits per heavy atom. The van der Waals surface area contributed by atoms with Crippen molar-refractivity contribution in [3.63, 3.8) is 0 Å². The third-order valence-electron chi connectivity index (χ3n) is 5.45. The summed E-state index contributed by atoms with van der Waals surface area (Å²) < 4.78 is 34.2. The number of ether oxygens (including phenoxy) is 1. The first-order valence-corrected chi connectivity index (χ1v) is 11.5. The second kappa shape index (κ2) is 9.15. The van der Waals surface area contributed by atoms with Crippen molar-refractivity contribution in [3.8, 4) is 5.75 Å². The number of nitrogens with zero attached hydrogens (tertiary/aromatic N) is 2. The summed E-state index contributed by atoms with van der Waals surface area (Å²) in [6, 6.07) is 13.5. The van der Waals surface area contributed by atoms with E-state index in [1.165, 1.54) is 7.11 Å². The van der Waals surface area contributed by atoms with Crippen LogP contribution in [0.2, 0.25) is 0 Å². The minimum absolute atomic E-state index is 0.000656. The highest BCUT2D eigenvalue weighted by molar-refractivity contribution is 7.89. The average molecular weight is 418 g/mol. The average Bonchev–Trinajstić information content (AvgIpc) is 3.23. The zero-order valence-corrected chi connectivity index (χ0v) is 18.5. The van der Waals surface area contributed by atoms with E-state index in [9.17, 15) is 8.42 Å². The molecule has 158 valence electrons. The fraction of sp³-hybridized carbons (Fsp3) is 0.455. The molecule has 3 rings (SSSR count). The van der Waals surface area contributed by atoms with Crippen molar-refractivity contribution < 1.29 is 13.2 Å². The van der Waals surface area contributed by atoms with Crippen LogP contribution >= 0.6 is 0 Å². The van der Waals surface area contributed by atoms with Crippen LogP contribution in [-0.4, -0.2) is 54.2 Å². The van der Waals surface area contributed by atoms with Crippen molar-refractivity contribution >= 4 is 15.7 Å². The molecule has 1 saturated heterocycles. The van der Waals surface area contributed by atoms with Gasteiger partial charge in [0.2, 0.25) is 10.0 Å². The lowest BCUT2D eigenvalue weighted by atomic mass is 10.1. The summed E-state index contributed by atoms with van der Waals surface area (Å²) in [7, 11) is 1.82. The van der Waals surface area contributed by atoms with Gasteiger partial charge >= 0.3 is 0 Å². The van der Waals surface area contributed by atoms with Crippen molar-refractivity contribution in [2.24, 2.45) is 0 Å². The van der Waals surface area contributed by atoms with Gasteiger partial charge in [-0.25, -0.2) is 13.1 Å². The van der Waals surface area contributed by atoms with Crippen LogP contribution in [0.5, 0.6) is 5.75 Å². The first-order chi connectivity index (χ1) is 13.8. The molecule has 2 aromatic rings. The number of benzene rings is 2. The van der Waals surface area contributed by atoms with Crippen molar-refractivity contribution in [1.29, 1.82) is 0 Å². The fourth-order valence-electron chi connectivity index (χ4n) is 3.77. The molecule has 0 spiro atoms. The summed E-state index contributed by atoms with van der Waals surface area (Å²) in [5.41, 5.74) is 3.12. The predicted octanol–water partition coefficient (Wildman–Crippen LogP) is 3.19. The molecule has 7 heteroatoms. The maximum Gasteiger partial charge on any atom is 0.244 e. The zero-order valence-electron chi connectivity index (χ0n) is 17.7. The van der Waals surface area contributed by atoms with Gasteiger partial charge in [0.1, 0.15) is 10.6 Å². The van der Waals surface area contributed by atoms with Crippen molar-refractivity contribution in [2.75, 3.05) is 45.7 Å². The van der Waals surface area contributed by atoms with Crippen LogP contribution < -0.4 is 14.4 Å². The summed E-state index contributed by atoms with van der Waals surface area (Å²) in [4.78, 5) is 4.60. The lowest BCUT2D eigenvalue weighted by molar-refractivity contribution is 0.246. The lowest BCUT2D eigenvalue weighted by Gasteiger charge is -2.28. The molecular formula is C22H31N3O3S. The topological polar surface area (TPSA) is 61.9 Å². The molecule has 1 atom stereocenters. The monoisotopic (exact) mass is 417 g/mol. The number of aryl methyl sites for hydroxylation is 1. The quantitative estimate of drug-likeness (QED) is 0.715. The van der Waals surface area contributed by atoms with Gasteiger partial charge in [0.05, 0.1) is 7.11 Å². The molecule has 1 fully saturated rings. The summed E-state index contributed by atoms with van der Waals surface area (Å²) in [6.07, 6.45) is 2.29. The largest absolute Gasteiger partial charge is 0.495 e. The molecular weight excluding hydrogens is 386 g/mol. The van der Waals surface area contributed by atoms with Gasteiger partial charge in [0, 0.05) is 32.4 Å². The molecule has 2 aromatic carbocycles. The Balaban J connectivity index is 1.84. The van der Waals surface area contributed by atoms with Crippen LogP contribution in [0.1, 0.15) is 30.0 Å². The third-order valence-corrected chi connectivity index (χ3v) is 6.90. The van der Waals surface area contributed by atoms with Gasteiger partial charge in [-0.2, -0.15) is 0 Å². The second-order valence-electron chi connectivity index (χ2n) is 7.75. The lowest BCUT2D eigenvalue weighted by Crippen LogP contribution is -2.37. The molecule has 1 aliphatic rings. The number of likely N-dealkylation sites (tertiary alicyclic amines) is 1. The van der Waals surface area contributed by atoms with E-state index in [1.807, 2.05) is 27.1 Å². The van der Waals surface area contributed by atoms with E-state index < -0.39 is 10.0 Å². The Morgan fingerprint density at radius 1 is 1.10 bits per heavy atom. The highest BCUT2D eigenvalue weighted by Gasteiger charge is 2.27. The van der Waals surface area contributed by atoms with E-state index in [-0.39, 0.29) is 10.9 Å². The Labute approximate surface area is 174 Å². The van der Waals surface area contributed by atoms with E-state index in [2.05, 4.69) is 38.8 Å². The van der Waals surface area contributed by atoms with Gasteiger partial charge < -0.3 is 9.64 Å². The van der Waals surface area contributed by atoms with Crippen LogP contribution in [0.25, 0.3) is 0 Å². The number of methoxy groups -OCH3 is 1. The molecule has 1 N–H and O–H groups in total. The van der Waals surface area contributed by atoms with Crippen LogP contribution in [-0.2, 0) is 10.0 Å².